The Kier molecular flexibility index (Phi) is 4.19. The number of nitrogens with zero attached hydrogens (tertiary/aromatic N) is 2. The maximum absolute atomic E-state index is 12.8. The number of hydrogen-bond acceptors (Lipinski definition) is 4. The van der Waals surface area contributed by atoms with Gasteiger partial charge in [0, 0.05) is 25.2 Å². The molecule has 0 radical (unpaired) electrons. The van der Waals surface area contributed by atoms with Gasteiger partial charge >= 0.3 is 6.18 Å². The average Bonchev–Trinajstić information content (AvgIpc) is 2.40. The summed E-state index contributed by atoms with van der Waals surface area (Å²) in [5.74, 6) is 0.270. The molecule has 0 amide bonds. The molecule has 20 heavy (non-hydrogen) atoms. The Bertz CT molecular complexity index is 478. The molecule has 1 aromatic rings. The SMILES string of the molecule is CC1CN(c2nc(C(F)(F)F)ccc2CN)CCC1O. The summed E-state index contributed by atoms with van der Waals surface area (Å²) in [7, 11) is 0. The number of anilines is 1. The molecule has 2 heterocycles. The zero-order valence-electron chi connectivity index (χ0n) is 11.2. The summed E-state index contributed by atoms with van der Waals surface area (Å²) >= 11 is 0. The Morgan fingerprint density at radius 1 is 1.45 bits per heavy atom. The number of piperidine rings is 1. The molecule has 112 valence electrons. The van der Waals surface area contributed by atoms with Crippen molar-refractivity contribution < 1.29 is 18.3 Å². The maximum Gasteiger partial charge on any atom is 0.433 e. The van der Waals surface area contributed by atoms with Crippen LogP contribution in [0.4, 0.5) is 19.0 Å². The van der Waals surface area contributed by atoms with Gasteiger partial charge in [-0.15, -0.1) is 0 Å². The monoisotopic (exact) mass is 289 g/mol. The van der Waals surface area contributed by atoms with Gasteiger partial charge in [-0.1, -0.05) is 13.0 Å². The fourth-order valence-corrected chi connectivity index (χ4v) is 2.39. The highest BCUT2D eigenvalue weighted by molar-refractivity contribution is 5.48. The first-order valence-corrected chi connectivity index (χ1v) is 6.53. The van der Waals surface area contributed by atoms with Crippen LogP contribution < -0.4 is 10.6 Å². The smallest absolute Gasteiger partial charge is 0.393 e. The van der Waals surface area contributed by atoms with Gasteiger partial charge in [0.25, 0.3) is 0 Å². The largest absolute Gasteiger partial charge is 0.433 e. The molecule has 1 aliphatic heterocycles. The van der Waals surface area contributed by atoms with E-state index in [4.69, 9.17) is 5.73 Å². The van der Waals surface area contributed by atoms with E-state index >= 15 is 0 Å². The summed E-state index contributed by atoms with van der Waals surface area (Å²) in [6.45, 7) is 2.95. The van der Waals surface area contributed by atoms with Gasteiger partial charge in [0.2, 0.25) is 0 Å². The van der Waals surface area contributed by atoms with Crippen LogP contribution in [0.1, 0.15) is 24.6 Å². The molecule has 0 saturated carbocycles. The van der Waals surface area contributed by atoms with E-state index in [-0.39, 0.29) is 18.3 Å². The fraction of sp³-hybridized carbons (Fsp3) is 0.615. The van der Waals surface area contributed by atoms with Gasteiger partial charge in [-0.3, -0.25) is 0 Å². The van der Waals surface area contributed by atoms with Crippen LogP contribution in [0.3, 0.4) is 0 Å². The van der Waals surface area contributed by atoms with Gasteiger partial charge in [-0.2, -0.15) is 13.2 Å². The number of nitrogens with two attached hydrogens (primary N) is 1. The zero-order valence-corrected chi connectivity index (χ0v) is 11.2. The van der Waals surface area contributed by atoms with Gasteiger partial charge in [0.15, 0.2) is 0 Å². The van der Waals surface area contributed by atoms with E-state index in [2.05, 4.69) is 4.98 Å². The second-order valence-electron chi connectivity index (χ2n) is 5.16. The molecule has 0 aliphatic carbocycles. The molecule has 2 unspecified atom stereocenters. The summed E-state index contributed by atoms with van der Waals surface area (Å²) in [4.78, 5) is 5.51. The lowest BCUT2D eigenvalue weighted by Gasteiger charge is -2.36. The lowest BCUT2D eigenvalue weighted by atomic mass is 9.96. The van der Waals surface area contributed by atoms with E-state index in [9.17, 15) is 18.3 Å². The number of pyridine rings is 1. The van der Waals surface area contributed by atoms with Crippen molar-refractivity contribution in [2.75, 3.05) is 18.0 Å². The van der Waals surface area contributed by atoms with E-state index in [0.717, 1.165) is 6.07 Å². The van der Waals surface area contributed by atoms with Crippen molar-refractivity contribution in [2.45, 2.75) is 32.2 Å². The summed E-state index contributed by atoms with van der Waals surface area (Å²) < 4.78 is 38.3. The van der Waals surface area contributed by atoms with Crippen LogP contribution in [0.2, 0.25) is 0 Å². The molecule has 1 aliphatic rings. The fourth-order valence-electron chi connectivity index (χ4n) is 2.39. The molecule has 1 saturated heterocycles. The van der Waals surface area contributed by atoms with E-state index < -0.39 is 18.0 Å². The number of alkyl halides is 3. The standard InChI is InChI=1S/C13H18F3N3O/c1-8-7-19(5-4-10(8)20)12-9(6-17)2-3-11(18-12)13(14,15)16/h2-3,8,10,20H,4-7,17H2,1H3. The second-order valence-corrected chi connectivity index (χ2v) is 5.16. The van der Waals surface area contributed by atoms with Crippen molar-refractivity contribution in [3.63, 3.8) is 0 Å². The molecule has 4 nitrogen and oxygen atoms in total. The summed E-state index contributed by atoms with van der Waals surface area (Å²) in [5.41, 5.74) is 5.25. The molecular formula is C13H18F3N3O. The highest BCUT2D eigenvalue weighted by atomic mass is 19.4. The summed E-state index contributed by atoms with van der Waals surface area (Å²) in [6.07, 6.45) is -4.37. The third-order valence-corrected chi connectivity index (χ3v) is 3.63. The first-order chi connectivity index (χ1) is 9.32. The molecular weight excluding hydrogens is 271 g/mol. The van der Waals surface area contributed by atoms with Crippen molar-refractivity contribution in [2.24, 2.45) is 11.7 Å². The van der Waals surface area contributed by atoms with Crippen LogP contribution in [-0.2, 0) is 12.7 Å². The number of rotatable bonds is 2. The number of aromatic nitrogens is 1. The Morgan fingerprint density at radius 2 is 2.15 bits per heavy atom. The van der Waals surface area contributed by atoms with Crippen molar-refractivity contribution in [1.82, 2.24) is 4.98 Å². The van der Waals surface area contributed by atoms with Crippen molar-refractivity contribution in [1.29, 1.82) is 0 Å². The Labute approximate surface area is 115 Å². The van der Waals surface area contributed by atoms with E-state index in [1.54, 1.807) is 4.90 Å². The lowest BCUT2D eigenvalue weighted by molar-refractivity contribution is -0.141. The molecule has 1 aromatic heterocycles. The van der Waals surface area contributed by atoms with Gasteiger partial charge in [0.05, 0.1) is 6.10 Å². The number of halogens is 3. The number of hydrogen-bond donors (Lipinski definition) is 2. The van der Waals surface area contributed by atoms with Gasteiger partial charge < -0.3 is 15.7 Å². The van der Waals surface area contributed by atoms with Gasteiger partial charge in [-0.25, -0.2) is 4.98 Å². The van der Waals surface area contributed by atoms with Crippen LogP contribution in [-0.4, -0.2) is 29.3 Å². The molecule has 0 bridgehead atoms. The van der Waals surface area contributed by atoms with Crippen molar-refractivity contribution >= 4 is 5.82 Å². The molecule has 1 fully saturated rings. The minimum atomic E-state index is -4.47. The Hall–Kier alpha value is -1.34. The Morgan fingerprint density at radius 3 is 2.70 bits per heavy atom. The maximum atomic E-state index is 12.8. The summed E-state index contributed by atoms with van der Waals surface area (Å²) in [5, 5.41) is 9.70. The van der Waals surface area contributed by atoms with Crippen molar-refractivity contribution in [3.8, 4) is 0 Å². The minimum absolute atomic E-state index is 0.00860. The van der Waals surface area contributed by atoms with Gasteiger partial charge in [0.1, 0.15) is 11.5 Å². The minimum Gasteiger partial charge on any atom is -0.393 e. The van der Waals surface area contributed by atoms with Crippen LogP contribution in [0.25, 0.3) is 0 Å². The average molecular weight is 289 g/mol. The molecule has 3 N–H and O–H groups in total. The number of aliphatic hydroxyl groups is 1. The molecule has 2 atom stereocenters. The zero-order chi connectivity index (χ0) is 14.9. The predicted octanol–water partition coefficient (Wildman–Crippen LogP) is 1.77. The highest BCUT2D eigenvalue weighted by Gasteiger charge is 2.34. The van der Waals surface area contributed by atoms with E-state index in [0.29, 0.717) is 25.1 Å². The first kappa shape index (κ1) is 15.1. The topological polar surface area (TPSA) is 62.4 Å². The normalized spacial score (nSPS) is 24.0. The van der Waals surface area contributed by atoms with Gasteiger partial charge in [-0.05, 0) is 18.4 Å². The van der Waals surface area contributed by atoms with E-state index in [1.807, 2.05) is 6.92 Å². The molecule has 7 heteroatoms. The lowest BCUT2D eigenvalue weighted by Crippen LogP contribution is -2.43. The van der Waals surface area contributed by atoms with Crippen LogP contribution in [0, 0.1) is 5.92 Å². The predicted molar refractivity (Wildman–Crippen MR) is 69.1 cm³/mol. The second kappa shape index (κ2) is 5.57. The molecule has 0 aromatic carbocycles. The highest BCUT2D eigenvalue weighted by Crippen LogP contribution is 2.32. The van der Waals surface area contributed by atoms with E-state index in [1.165, 1.54) is 6.07 Å². The quantitative estimate of drug-likeness (QED) is 0.871. The first-order valence-electron chi connectivity index (χ1n) is 6.53. The Balaban J connectivity index is 2.34. The summed E-state index contributed by atoms with van der Waals surface area (Å²) in [6, 6.07) is 2.33. The number of aliphatic hydroxyl groups excluding tert-OH is 1. The molecule has 2 rings (SSSR count). The third kappa shape index (κ3) is 3.04. The molecule has 0 spiro atoms. The van der Waals surface area contributed by atoms with Crippen LogP contribution in [0.15, 0.2) is 12.1 Å². The third-order valence-electron chi connectivity index (χ3n) is 3.63. The van der Waals surface area contributed by atoms with Crippen LogP contribution >= 0.6 is 0 Å². The van der Waals surface area contributed by atoms with Crippen LogP contribution in [0.5, 0.6) is 0 Å². The van der Waals surface area contributed by atoms with Crippen molar-refractivity contribution in [3.05, 3.63) is 23.4 Å².